The fraction of sp³-hybridized carbons (Fsp3) is 0.391. The number of benzene rings is 2. The molecule has 0 unspecified atom stereocenters. The van der Waals surface area contributed by atoms with E-state index in [1.807, 2.05) is 0 Å². The van der Waals surface area contributed by atoms with Crippen molar-refractivity contribution in [2.24, 2.45) is 0 Å². The Hall–Kier alpha value is -2.46. The number of aliphatic carboxylic acids is 1. The van der Waals surface area contributed by atoms with Crippen LogP contribution in [0.3, 0.4) is 0 Å². The summed E-state index contributed by atoms with van der Waals surface area (Å²) < 4.78 is 54.0. The van der Waals surface area contributed by atoms with Gasteiger partial charge in [0.15, 0.2) is 23.0 Å². The normalized spacial score (nSPS) is 23.3. The van der Waals surface area contributed by atoms with Crippen molar-refractivity contribution in [3.05, 3.63) is 47.5 Å². The van der Waals surface area contributed by atoms with Gasteiger partial charge >= 0.3 is 41.5 Å². The second-order valence-electron chi connectivity index (χ2n) is 7.86. The number of methoxy groups -OCH3 is 1. The molecule has 33 heavy (non-hydrogen) atoms. The average molecular weight is 470 g/mol. The Kier molecular flexibility index (Phi) is 5.70. The fourth-order valence-electron chi connectivity index (χ4n) is 3.84. The molecule has 0 saturated heterocycles. The fourth-order valence-corrected chi connectivity index (χ4v) is 3.84. The van der Waals surface area contributed by atoms with Gasteiger partial charge in [-0.05, 0) is 61.1 Å². The minimum Gasteiger partial charge on any atom is -0.870 e. The first-order valence-electron chi connectivity index (χ1n) is 11.8. The number of hydrogen-bond acceptors (Lipinski definition) is 8. The van der Waals surface area contributed by atoms with Crippen LogP contribution in [0.5, 0.6) is 23.0 Å². The second kappa shape index (κ2) is 9.42. The van der Waals surface area contributed by atoms with Crippen molar-refractivity contribution in [2.45, 2.75) is 36.5 Å². The Balaban J connectivity index is 0.000000195. The standard InChI is InChI=1S/C12H12O4.C11H10O4.Na.H2O/c1-14-11(13)12(4-5-12)8-2-3-9-10(6-8)16-7-15-9;12-10(13)11(3-4-11)7-1-2-8-9(5-7)15-6-14-8;;/h2-3,6H,4-5,7H2,1H3;1-2,5H,3-4,6H2,(H,12,13);;1H2/q;;+1;/p-1/i7D2;6D2;;. The predicted molar refractivity (Wildman–Crippen MR) is 109 cm³/mol. The number of ether oxygens (including phenoxy) is 5. The summed E-state index contributed by atoms with van der Waals surface area (Å²) in [4.78, 5) is 22.9. The van der Waals surface area contributed by atoms with Gasteiger partial charge in [0.25, 0.3) is 0 Å². The van der Waals surface area contributed by atoms with Crippen LogP contribution in [-0.4, -0.2) is 43.1 Å². The molecular formula is C23H23NaO9. The average Bonchev–Trinajstić information content (AvgIpc) is 3.69. The van der Waals surface area contributed by atoms with Gasteiger partial charge in [0.2, 0.25) is 13.5 Å². The minimum absolute atomic E-state index is 0. The Morgan fingerprint density at radius 3 is 1.67 bits per heavy atom. The van der Waals surface area contributed by atoms with Crippen LogP contribution >= 0.6 is 0 Å². The Labute approximate surface area is 218 Å². The van der Waals surface area contributed by atoms with Gasteiger partial charge in [-0.25, -0.2) is 0 Å². The van der Waals surface area contributed by atoms with Crippen molar-refractivity contribution in [1.82, 2.24) is 0 Å². The van der Waals surface area contributed by atoms with Crippen molar-refractivity contribution >= 4 is 11.9 Å². The van der Waals surface area contributed by atoms with Gasteiger partial charge in [-0.15, -0.1) is 0 Å². The van der Waals surface area contributed by atoms with Gasteiger partial charge in [-0.1, -0.05) is 12.1 Å². The van der Waals surface area contributed by atoms with Crippen molar-refractivity contribution in [3.63, 3.8) is 0 Å². The van der Waals surface area contributed by atoms with E-state index >= 15 is 0 Å². The number of fused-ring (bicyclic) bond motifs is 2. The molecule has 2 aromatic rings. The van der Waals surface area contributed by atoms with Crippen LogP contribution in [0.2, 0.25) is 0 Å². The topological polar surface area (TPSA) is 131 Å². The first-order valence-corrected chi connectivity index (χ1v) is 9.77. The summed E-state index contributed by atoms with van der Waals surface area (Å²) in [6.07, 6.45) is 2.70. The third-order valence-electron chi connectivity index (χ3n) is 6.08. The van der Waals surface area contributed by atoms with Crippen LogP contribution in [-0.2, 0) is 25.2 Å². The third-order valence-corrected chi connectivity index (χ3v) is 6.08. The molecule has 2 aliphatic carbocycles. The van der Waals surface area contributed by atoms with Gasteiger partial charge in [0, 0.05) is 0 Å². The molecule has 0 radical (unpaired) electrons. The molecule has 2 fully saturated rings. The number of carbonyl (C=O) groups is 2. The van der Waals surface area contributed by atoms with Gasteiger partial charge in [-0.3, -0.25) is 9.59 Å². The maximum atomic E-state index is 11.8. The van der Waals surface area contributed by atoms with E-state index in [4.69, 9.17) is 34.3 Å². The van der Waals surface area contributed by atoms with Crippen LogP contribution in [0.25, 0.3) is 0 Å². The largest absolute Gasteiger partial charge is 1.00 e. The summed E-state index contributed by atoms with van der Waals surface area (Å²) in [5, 5.41) is 9.16. The Morgan fingerprint density at radius 2 is 1.27 bits per heavy atom. The monoisotopic (exact) mass is 470 g/mol. The molecule has 0 atom stereocenters. The summed E-state index contributed by atoms with van der Waals surface area (Å²) in [5.41, 5.74) is 0.0373. The molecule has 2 saturated carbocycles. The molecule has 2 aromatic carbocycles. The van der Waals surface area contributed by atoms with E-state index in [1.165, 1.54) is 7.11 Å². The SMILES string of the molecule is [2H]C1([2H])Oc2ccc(C3(C(=O)O)CC3)cc2O1.[2H]C1([2H])Oc2ccc(C3(C(=O)OC)CC3)cc2O1.[Na+].[OH-]. The number of carbonyl (C=O) groups excluding carboxylic acids is 1. The summed E-state index contributed by atoms with van der Waals surface area (Å²) >= 11 is 0. The van der Waals surface area contributed by atoms with E-state index in [2.05, 4.69) is 0 Å². The number of esters is 1. The predicted octanol–water partition coefficient (Wildman–Crippen LogP) is -0.0214. The Bertz CT molecular complexity index is 1230. The molecule has 170 valence electrons. The molecule has 2 heterocycles. The molecule has 9 nitrogen and oxygen atoms in total. The van der Waals surface area contributed by atoms with Crippen LogP contribution < -0.4 is 48.5 Å². The number of carboxylic acids is 1. The molecule has 2 N–H and O–H groups in total. The van der Waals surface area contributed by atoms with Crippen molar-refractivity contribution in [3.8, 4) is 23.0 Å². The van der Waals surface area contributed by atoms with E-state index in [1.54, 1.807) is 36.4 Å². The summed E-state index contributed by atoms with van der Waals surface area (Å²) in [7, 11) is 1.37. The van der Waals surface area contributed by atoms with Gasteiger partial charge in [0.05, 0.1) is 17.9 Å². The quantitative estimate of drug-likeness (QED) is 0.484. The maximum Gasteiger partial charge on any atom is 1.00 e. The molecule has 0 spiro atoms. The molecule has 2 aliphatic heterocycles. The van der Waals surface area contributed by atoms with Gasteiger partial charge < -0.3 is 34.3 Å². The van der Waals surface area contributed by atoms with Crippen LogP contribution in [0.15, 0.2) is 36.4 Å². The number of hydrogen-bond donors (Lipinski definition) is 1. The van der Waals surface area contributed by atoms with E-state index in [9.17, 15) is 9.59 Å². The smallest absolute Gasteiger partial charge is 0.870 e. The molecule has 10 heteroatoms. The second-order valence-corrected chi connectivity index (χ2v) is 7.86. The van der Waals surface area contributed by atoms with E-state index in [0.29, 0.717) is 35.7 Å². The molecule has 0 aromatic heterocycles. The molecule has 0 amide bonds. The van der Waals surface area contributed by atoms with E-state index in [-0.39, 0.29) is 46.8 Å². The minimum atomic E-state index is -2.17. The summed E-state index contributed by atoms with van der Waals surface area (Å²) in [6.45, 7) is -4.30. The zero-order chi connectivity index (χ0) is 25.2. The van der Waals surface area contributed by atoms with Crippen LogP contribution in [0.4, 0.5) is 0 Å². The van der Waals surface area contributed by atoms with Gasteiger partial charge in [0.1, 0.15) is 5.48 Å². The van der Waals surface area contributed by atoms with Crippen LogP contribution in [0.1, 0.15) is 42.3 Å². The first kappa shape index (κ1) is 20.0. The first-order chi connectivity index (χ1) is 16.4. The van der Waals surface area contributed by atoms with E-state index in [0.717, 1.165) is 18.4 Å². The third kappa shape index (κ3) is 4.38. The van der Waals surface area contributed by atoms with Crippen molar-refractivity contribution in [2.75, 3.05) is 20.6 Å². The Morgan fingerprint density at radius 1 is 0.848 bits per heavy atom. The van der Waals surface area contributed by atoms with Gasteiger partial charge in [-0.2, -0.15) is 0 Å². The van der Waals surface area contributed by atoms with E-state index < -0.39 is 30.3 Å². The number of rotatable bonds is 4. The zero-order valence-corrected chi connectivity index (χ0v) is 20.0. The summed E-state index contributed by atoms with van der Waals surface area (Å²) in [5.74, 6) is 0.140. The molecule has 6 rings (SSSR count). The molecular weight excluding hydrogens is 443 g/mol. The zero-order valence-electron chi connectivity index (χ0n) is 22.0. The maximum absolute atomic E-state index is 11.8. The molecule has 0 bridgehead atoms. The molecule has 4 aliphatic rings. The van der Waals surface area contributed by atoms with Crippen molar-refractivity contribution < 1.29 is 78.9 Å². The van der Waals surface area contributed by atoms with Crippen LogP contribution in [0, 0.1) is 0 Å². The van der Waals surface area contributed by atoms with Crippen molar-refractivity contribution in [1.29, 1.82) is 0 Å². The summed E-state index contributed by atoms with van der Waals surface area (Å²) in [6, 6.07) is 9.81. The number of carboxylic acid groups (broad SMARTS) is 1.